The molecule has 0 spiro atoms. The molecule has 1 N–H and O–H groups in total. The molecule has 0 aliphatic carbocycles. The lowest BCUT2D eigenvalue weighted by molar-refractivity contribution is -0.385. The lowest BCUT2D eigenvalue weighted by Gasteiger charge is -2.15. The Balaban J connectivity index is 2.10. The number of rotatable bonds is 5. The number of hydrogen-bond acceptors (Lipinski definition) is 5. The Kier molecular flexibility index (Phi) is 5.49. The van der Waals surface area contributed by atoms with Crippen molar-refractivity contribution in [2.75, 3.05) is 5.32 Å². The summed E-state index contributed by atoms with van der Waals surface area (Å²) >= 11 is 0. The topological polar surface area (TPSA) is 98.5 Å². The van der Waals surface area contributed by atoms with Gasteiger partial charge in [0.05, 0.1) is 4.92 Å². The van der Waals surface area contributed by atoms with Crippen LogP contribution in [-0.2, 0) is 9.53 Å². The predicted octanol–water partition coefficient (Wildman–Crippen LogP) is 3.40. The molecule has 0 aliphatic rings. The molecule has 130 valence electrons. The molecule has 0 aromatic heterocycles. The molecule has 0 saturated heterocycles. The maximum atomic E-state index is 12.2. The van der Waals surface area contributed by atoms with Gasteiger partial charge in [0.25, 0.3) is 11.6 Å². The van der Waals surface area contributed by atoms with Gasteiger partial charge in [-0.1, -0.05) is 24.3 Å². The van der Waals surface area contributed by atoms with E-state index in [0.29, 0.717) is 5.69 Å². The van der Waals surface area contributed by atoms with E-state index in [-0.39, 0.29) is 11.3 Å². The average Bonchev–Trinajstić information content (AvgIpc) is 2.57. The number of para-hydroxylation sites is 1. The van der Waals surface area contributed by atoms with Crippen LogP contribution < -0.4 is 5.32 Å². The molecule has 0 fully saturated rings. The van der Waals surface area contributed by atoms with Gasteiger partial charge in [0.2, 0.25) is 0 Å². The van der Waals surface area contributed by atoms with Crippen LogP contribution in [0.5, 0.6) is 0 Å². The number of nitro groups is 1. The van der Waals surface area contributed by atoms with Crippen LogP contribution >= 0.6 is 0 Å². The van der Waals surface area contributed by atoms with Crippen LogP contribution in [0.3, 0.4) is 0 Å². The first kappa shape index (κ1) is 18.1. The quantitative estimate of drug-likeness (QED) is 0.510. The summed E-state index contributed by atoms with van der Waals surface area (Å²) in [6, 6.07) is 11.0. The van der Waals surface area contributed by atoms with E-state index in [1.54, 1.807) is 0 Å². The lowest BCUT2D eigenvalue weighted by Crippen LogP contribution is -2.30. The number of nitro benzene ring substituents is 1. The molecule has 25 heavy (non-hydrogen) atoms. The summed E-state index contributed by atoms with van der Waals surface area (Å²) in [4.78, 5) is 34.7. The van der Waals surface area contributed by atoms with Crippen LogP contribution in [-0.4, -0.2) is 22.9 Å². The normalized spacial score (nSPS) is 11.5. The Morgan fingerprint density at radius 3 is 2.52 bits per heavy atom. The summed E-state index contributed by atoms with van der Waals surface area (Å²) in [6.07, 6.45) is -1.10. The van der Waals surface area contributed by atoms with Crippen molar-refractivity contribution in [3.8, 4) is 0 Å². The molecule has 2 aromatic carbocycles. The van der Waals surface area contributed by atoms with Crippen LogP contribution in [0, 0.1) is 24.0 Å². The Morgan fingerprint density at radius 1 is 1.16 bits per heavy atom. The molecule has 7 nitrogen and oxygen atoms in total. The van der Waals surface area contributed by atoms with Crippen LogP contribution in [0.2, 0.25) is 0 Å². The van der Waals surface area contributed by atoms with E-state index in [4.69, 9.17) is 4.74 Å². The van der Waals surface area contributed by atoms with Gasteiger partial charge in [-0.2, -0.15) is 0 Å². The van der Waals surface area contributed by atoms with Crippen molar-refractivity contribution in [3.05, 3.63) is 69.3 Å². The lowest BCUT2D eigenvalue weighted by atomic mass is 10.1. The van der Waals surface area contributed by atoms with Crippen molar-refractivity contribution in [2.24, 2.45) is 0 Å². The zero-order chi connectivity index (χ0) is 18.6. The monoisotopic (exact) mass is 342 g/mol. The highest BCUT2D eigenvalue weighted by Gasteiger charge is 2.25. The molecule has 0 radical (unpaired) electrons. The van der Waals surface area contributed by atoms with Gasteiger partial charge in [-0.25, -0.2) is 4.79 Å². The van der Waals surface area contributed by atoms with Gasteiger partial charge in [-0.15, -0.1) is 0 Å². The Labute approximate surface area is 144 Å². The molecule has 0 heterocycles. The first-order chi connectivity index (χ1) is 11.8. The Morgan fingerprint density at radius 2 is 1.84 bits per heavy atom. The number of anilines is 1. The third-order valence-corrected chi connectivity index (χ3v) is 3.62. The van der Waals surface area contributed by atoms with Gasteiger partial charge >= 0.3 is 5.97 Å². The van der Waals surface area contributed by atoms with Gasteiger partial charge in [0.15, 0.2) is 6.10 Å². The minimum Gasteiger partial charge on any atom is -0.449 e. The molecule has 0 aliphatic heterocycles. The minimum atomic E-state index is -1.10. The van der Waals surface area contributed by atoms with Crippen molar-refractivity contribution in [1.82, 2.24) is 0 Å². The number of nitrogens with one attached hydrogen (secondary N) is 1. The third kappa shape index (κ3) is 4.41. The van der Waals surface area contributed by atoms with Gasteiger partial charge in [0, 0.05) is 11.8 Å². The summed E-state index contributed by atoms with van der Waals surface area (Å²) in [5.41, 5.74) is 1.91. The maximum absolute atomic E-state index is 12.2. The van der Waals surface area contributed by atoms with Crippen molar-refractivity contribution >= 4 is 23.3 Å². The molecule has 7 heteroatoms. The number of hydrogen-bond donors (Lipinski definition) is 1. The summed E-state index contributed by atoms with van der Waals surface area (Å²) in [5, 5.41) is 13.7. The number of nitrogens with zero attached hydrogens (tertiary/aromatic N) is 1. The van der Waals surface area contributed by atoms with E-state index in [0.717, 1.165) is 11.1 Å². The van der Waals surface area contributed by atoms with E-state index in [9.17, 15) is 19.7 Å². The number of benzene rings is 2. The van der Waals surface area contributed by atoms with Gasteiger partial charge in [0.1, 0.15) is 5.56 Å². The molecular weight excluding hydrogens is 324 g/mol. The van der Waals surface area contributed by atoms with E-state index in [1.165, 1.54) is 31.2 Å². The van der Waals surface area contributed by atoms with Crippen LogP contribution in [0.4, 0.5) is 11.4 Å². The zero-order valence-corrected chi connectivity index (χ0v) is 14.1. The number of carbonyl (C=O) groups is 2. The summed E-state index contributed by atoms with van der Waals surface area (Å²) in [7, 11) is 0. The highest BCUT2D eigenvalue weighted by molar-refractivity contribution is 5.99. The second-order valence-corrected chi connectivity index (χ2v) is 5.63. The second-order valence-electron chi connectivity index (χ2n) is 5.63. The molecule has 0 unspecified atom stereocenters. The molecule has 2 rings (SSSR count). The van der Waals surface area contributed by atoms with Crippen LogP contribution in [0.1, 0.15) is 28.4 Å². The average molecular weight is 342 g/mol. The molecule has 1 amide bonds. The number of amides is 1. The molecule has 1 atom stereocenters. The molecular formula is C18H18N2O5. The van der Waals surface area contributed by atoms with Crippen molar-refractivity contribution in [3.63, 3.8) is 0 Å². The van der Waals surface area contributed by atoms with Gasteiger partial charge in [-0.3, -0.25) is 14.9 Å². The van der Waals surface area contributed by atoms with Gasteiger partial charge < -0.3 is 10.1 Å². The number of esters is 1. The fourth-order valence-electron chi connectivity index (χ4n) is 2.19. The number of aryl methyl sites for hydroxylation is 2. The van der Waals surface area contributed by atoms with Crippen LogP contribution in [0.25, 0.3) is 0 Å². The van der Waals surface area contributed by atoms with E-state index >= 15 is 0 Å². The Bertz CT molecular complexity index is 832. The minimum absolute atomic E-state index is 0.195. The third-order valence-electron chi connectivity index (χ3n) is 3.62. The zero-order valence-electron chi connectivity index (χ0n) is 14.1. The first-order valence-corrected chi connectivity index (χ1v) is 7.62. The smallest absolute Gasteiger partial charge is 0.345 e. The largest absolute Gasteiger partial charge is 0.449 e. The number of carbonyl (C=O) groups excluding carboxylic acids is 2. The molecule has 0 saturated carbocycles. The second kappa shape index (κ2) is 7.57. The summed E-state index contributed by atoms with van der Waals surface area (Å²) in [5.74, 6) is -1.43. The summed E-state index contributed by atoms with van der Waals surface area (Å²) < 4.78 is 5.08. The first-order valence-electron chi connectivity index (χ1n) is 7.62. The van der Waals surface area contributed by atoms with E-state index < -0.39 is 22.9 Å². The highest BCUT2D eigenvalue weighted by Crippen LogP contribution is 2.20. The standard InChI is InChI=1S/C18H18N2O5/c1-11-8-9-12(2)15(10-11)19-17(21)13(3)25-18(22)14-6-4-5-7-16(14)20(23)24/h4-10,13H,1-3H3,(H,19,21)/t13-/m0/s1. The van der Waals surface area contributed by atoms with Crippen molar-refractivity contribution < 1.29 is 19.2 Å². The van der Waals surface area contributed by atoms with Gasteiger partial charge in [-0.05, 0) is 44.0 Å². The van der Waals surface area contributed by atoms with Crippen molar-refractivity contribution in [1.29, 1.82) is 0 Å². The van der Waals surface area contributed by atoms with Crippen LogP contribution in [0.15, 0.2) is 42.5 Å². The van der Waals surface area contributed by atoms with Crippen molar-refractivity contribution in [2.45, 2.75) is 26.9 Å². The Hall–Kier alpha value is -3.22. The van der Waals surface area contributed by atoms with E-state index in [2.05, 4.69) is 5.32 Å². The van der Waals surface area contributed by atoms with E-state index in [1.807, 2.05) is 32.0 Å². The fourth-order valence-corrected chi connectivity index (χ4v) is 2.19. The predicted molar refractivity (Wildman–Crippen MR) is 92.5 cm³/mol. The number of ether oxygens (including phenoxy) is 1. The maximum Gasteiger partial charge on any atom is 0.345 e. The fraction of sp³-hybridized carbons (Fsp3) is 0.222. The molecule has 2 aromatic rings. The highest BCUT2D eigenvalue weighted by atomic mass is 16.6. The SMILES string of the molecule is Cc1ccc(C)c(NC(=O)[C@H](C)OC(=O)c2ccccc2[N+](=O)[O-])c1. The molecule has 0 bridgehead atoms. The summed E-state index contributed by atoms with van der Waals surface area (Å²) in [6.45, 7) is 5.15.